The van der Waals surface area contributed by atoms with Crippen LogP contribution in [-0.4, -0.2) is 29.6 Å². The van der Waals surface area contributed by atoms with Gasteiger partial charge in [-0.05, 0) is 30.0 Å². The molecule has 0 bridgehead atoms. The molecule has 0 spiro atoms. The number of amides is 1. The Kier molecular flexibility index (Phi) is 3.10. The molecular formula is C12H14N2O3. The van der Waals surface area contributed by atoms with E-state index < -0.39 is 17.9 Å². The van der Waals surface area contributed by atoms with E-state index in [1.165, 1.54) is 0 Å². The molecule has 1 aromatic carbocycles. The standard InChI is InChI=1S/C12H14N2O3/c13-11(15)8-3-1-2-7(4-8)9-5-10(12(16)17)14-6-9/h1-4,9-10,14H,5-6H2,(H2,13,15)(H,16,17)/t9-,10-/m1/s1. The molecule has 0 saturated carbocycles. The van der Waals surface area contributed by atoms with Crippen molar-refractivity contribution in [3.63, 3.8) is 0 Å². The first-order chi connectivity index (χ1) is 8.08. The fraction of sp³-hybridized carbons (Fsp3) is 0.333. The lowest BCUT2D eigenvalue weighted by Crippen LogP contribution is -2.29. The molecule has 2 rings (SSSR count). The van der Waals surface area contributed by atoms with Crippen molar-refractivity contribution in [3.05, 3.63) is 35.4 Å². The minimum Gasteiger partial charge on any atom is -0.480 e. The van der Waals surface area contributed by atoms with Crippen molar-refractivity contribution < 1.29 is 14.7 Å². The van der Waals surface area contributed by atoms with Gasteiger partial charge >= 0.3 is 5.97 Å². The second-order valence-corrected chi connectivity index (χ2v) is 4.22. The Morgan fingerprint density at radius 1 is 1.41 bits per heavy atom. The van der Waals surface area contributed by atoms with Gasteiger partial charge in [0, 0.05) is 12.1 Å². The molecule has 5 heteroatoms. The number of aliphatic carboxylic acids is 1. The quantitative estimate of drug-likeness (QED) is 0.702. The Balaban J connectivity index is 2.16. The number of hydrogen-bond donors (Lipinski definition) is 3. The lowest BCUT2D eigenvalue weighted by Gasteiger charge is -2.09. The van der Waals surface area contributed by atoms with Crippen LogP contribution in [0.2, 0.25) is 0 Å². The fourth-order valence-corrected chi connectivity index (χ4v) is 2.12. The number of rotatable bonds is 3. The molecule has 1 saturated heterocycles. The molecule has 1 fully saturated rings. The summed E-state index contributed by atoms with van der Waals surface area (Å²) in [6.45, 7) is 0.610. The molecule has 0 unspecified atom stereocenters. The third kappa shape index (κ3) is 2.45. The molecule has 0 radical (unpaired) electrons. The summed E-state index contributed by atoms with van der Waals surface area (Å²) in [6, 6.07) is 6.55. The highest BCUT2D eigenvalue weighted by atomic mass is 16.4. The van der Waals surface area contributed by atoms with Crippen LogP contribution in [0.1, 0.15) is 28.3 Å². The number of carboxylic acids is 1. The number of nitrogens with one attached hydrogen (secondary N) is 1. The number of nitrogens with two attached hydrogens (primary N) is 1. The SMILES string of the molecule is NC(=O)c1cccc([C@H]2CN[C@@H](C(=O)O)C2)c1. The van der Waals surface area contributed by atoms with Crippen LogP contribution >= 0.6 is 0 Å². The average Bonchev–Trinajstić information content (AvgIpc) is 2.78. The minimum absolute atomic E-state index is 0.121. The fourth-order valence-electron chi connectivity index (χ4n) is 2.12. The second kappa shape index (κ2) is 4.55. The normalized spacial score (nSPS) is 23.5. The Hall–Kier alpha value is -1.88. The van der Waals surface area contributed by atoms with Gasteiger partial charge in [-0.1, -0.05) is 12.1 Å². The maximum atomic E-state index is 11.1. The molecule has 1 heterocycles. The maximum absolute atomic E-state index is 11.1. The summed E-state index contributed by atoms with van der Waals surface area (Å²) in [5.74, 6) is -1.18. The van der Waals surface area contributed by atoms with Crippen LogP contribution in [0, 0.1) is 0 Å². The van der Waals surface area contributed by atoms with Crippen molar-refractivity contribution in [1.29, 1.82) is 0 Å². The van der Waals surface area contributed by atoms with Crippen LogP contribution < -0.4 is 11.1 Å². The number of hydrogen-bond acceptors (Lipinski definition) is 3. The van der Waals surface area contributed by atoms with Gasteiger partial charge in [0.2, 0.25) is 5.91 Å². The Bertz CT molecular complexity index is 459. The highest BCUT2D eigenvalue weighted by molar-refractivity contribution is 5.92. The van der Waals surface area contributed by atoms with Gasteiger partial charge in [0.25, 0.3) is 0 Å². The topological polar surface area (TPSA) is 92.4 Å². The lowest BCUT2D eigenvalue weighted by atomic mass is 9.95. The molecule has 90 valence electrons. The van der Waals surface area contributed by atoms with E-state index in [2.05, 4.69) is 5.32 Å². The zero-order chi connectivity index (χ0) is 12.4. The molecule has 4 N–H and O–H groups in total. The van der Waals surface area contributed by atoms with Crippen LogP contribution in [0.25, 0.3) is 0 Å². The predicted octanol–water partition coefficient (Wildman–Crippen LogP) is 0.316. The van der Waals surface area contributed by atoms with E-state index in [4.69, 9.17) is 10.8 Å². The van der Waals surface area contributed by atoms with Crippen molar-refractivity contribution in [2.45, 2.75) is 18.4 Å². The number of primary amides is 1. The summed E-state index contributed by atoms with van der Waals surface area (Å²) in [4.78, 5) is 21.9. The first-order valence-corrected chi connectivity index (χ1v) is 5.44. The molecule has 17 heavy (non-hydrogen) atoms. The van der Waals surface area contributed by atoms with Crippen LogP contribution in [0.4, 0.5) is 0 Å². The van der Waals surface area contributed by atoms with Crippen molar-refractivity contribution in [1.82, 2.24) is 5.32 Å². The Morgan fingerprint density at radius 3 is 2.76 bits per heavy atom. The summed E-state index contributed by atoms with van der Waals surface area (Å²) in [7, 11) is 0. The van der Waals surface area contributed by atoms with E-state index in [9.17, 15) is 9.59 Å². The first kappa shape index (κ1) is 11.6. The van der Waals surface area contributed by atoms with E-state index in [0.717, 1.165) is 5.56 Å². The van der Waals surface area contributed by atoms with Gasteiger partial charge in [-0.25, -0.2) is 0 Å². The number of benzene rings is 1. The molecule has 1 aliphatic heterocycles. The third-order valence-corrected chi connectivity index (χ3v) is 3.07. The van der Waals surface area contributed by atoms with Crippen molar-refractivity contribution in [2.75, 3.05) is 6.54 Å². The van der Waals surface area contributed by atoms with Gasteiger partial charge in [0.15, 0.2) is 0 Å². The van der Waals surface area contributed by atoms with E-state index in [1.54, 1.807) is 18.2 Å². The van der Waals surface area contributed by atoms with Gasteiger partial charge < -0.3 is 16.2 Å². The van der Waals surface area contributed by atoms with E-state index in [1.807, 2.05) is 6.07 Å². The number of carboxylic acid groups (broad SMARTS) is 1. The summed E-state index contributed by atoms with van der Waals surface area (Å²) >= 11 is 0. The van der Waals surface area contributed by atoms with E-state index in [0.29, 0.717) is 18.5 Å². The molecular weight excluding hydrogens is 220 g/mol. The van der Waals surface area contributed by atoms with E-state index >= 15 is 0 Å². The van der Waals surface area contributed by atoms with Gasteiger partial charge in [-0.2, -0.15) is 0 Å². The van der Waals surface area contributed by atoms with Crippen LogP contribution in [-0.2, 0) is 4.79 Å². The summed E-state index contributed by atoms with van der Waals surface area (Å²) < 4.78 is 0. The van der Waals surface area contributed by atoms with Crippen LogP contribution in [0.5, 0.6) is 0 Å². The largest absolute Gasteiger partial charge is 0.480 e. The van der Waals surface area contributed by atoms with Crippen molar-refractivity contribution in [3.8, 4) is 0 Å². The highest BCUT2D eigenvalue weighted by Crippen LogP contribution is 2.26. The number of carbonyl (C=O) groups is 2. The van der Waals surface area contributed by atoms with Gasteiger partial charge in [-0.3, -0.25) is 9.59 Å². The van der Waals surface area contributed by atoms with Crippen LogP contribution in [0.15, 0.2) is 24.3 Å². The molecule has 1 amide bonds. The van der Waals surface area contributed by atoms with Gasteiger partial charge in [-0.15, -0.1) is 0 Å². The molecule has 0 aromatic heterocycles. The maximum Gasteiger partial charge on any atom is 0.320 e. The summed E-state index contributed by atoms with van der Waals surface area (Å²) in [6.07, 6.45) is 0.539. The summed E-state index contributed by atoms with van der Waals surface area (Å²) in [5.41, 5.74) is 6.62. The predicted molar refractivity (Wildman–Crippen MR) is 61.7 cm³/mol. The number of carbonyl (C=O) groups excluding carboxylic acids is 1. The third-order valence-electron chi connectivity index (χ3n) is 3.07. The minimum atomic E-state index is -0.835. The molecule has 2 atom stereocenters. The van der Waals surface area contributed by atoms with Gasteiger partial charge in [0.1, 0.15) is 6.04 Å². The first-order valence-electron chi connectivity index (χ1n) is 5.44. The molecule has 5 nitrogen and oxygen atoms in total. The van der Waals surface area contributed by atoms with E-state index in [-0.39, 0.29) is 5.92 Å². The molecule has 1 aliphatic rings. The Labute approximate surface area is 98.6 Å². The zero-order valence-electron chi connectivity index (χ0n) is 9.22. The molecule has 0 aliphatic carbocycles. The van der Waals surface area contributed by atoms with Crippen molar-refractivity contribution in [2.24, 2.45) is 5.73 Å². The average molecular weight is 234 g/mol. The lowest BCUT2D eigenvalue weighted by molar-refractivity contribution is -0.139. The second-order valence-electron chi connectivity index (χ2n) is 4.22. The summed E-state index contributed by atoms with van der Waals surface area (Å²) in [5, 5.41) is 11.8. The molecule has 1 aromatic rings. The van der Waals surface area contributed by atoms with Crippen LogP contribution in [0.3, 0.4) is 0 Å². The van der Waals surface area contributed by atoms with Gasteiger partial charge in [0.05, 0.1) is 0 Å². The smallest absolute Gasteiger partial charge is 0.320 e. The van der Waals surface area contributed by atoms with Crippen molar-refractivity contribution >= 4 is 11.9 Å². The highest BCUT2D eigenvalue weighted by Gasteiger charge is 2.30. The zero-order valence-corrected chi connectivity index (χ0v) is 9.22. The Morgan fingerprint density at radius 2 is 2.18 bits per heavy atom. The monoisotopic (exact) mass is 234 g/mol.